The average Bonchev–Trinajstić information content (AvgIpc) is 3.06. The van der Waals surface area contributed by atoms with Gasteiger partial charge < -0.3 is 4.90 Å². The lowest BCUT2D eigenvalue weighted by atomic mass is 10.2. The fourth-order valence-corrected chi connectivity index (χ4v) is 1.89. The second-order valence-electron chi connectivity index (χ2n) is 4.64. The van der Waals surface area contributed by atoms with Gasteiger partial charge >= 0.3 is 0 Å². The first kappa shape index (κ1) is 15.5. The number of carbonyl (C=O) groups excluding carboxylic acids is 1. The van der Waals surface area contributed by atoms with Gasteiger partial charge in [-0.25, -0.2) is 4.98 Å². The molecule has 0 atom stereocenters. The number of aryl methyl sites for hydroxylation is 1. The molecule has 0 radical (unpaired) electrons. The van der Waals surface area contributed by atoms with E-state index in [0.717, 1.165) is 5.56 Å². The van der Waals surface area contributed by atoms with E-state index >= 15 is 0 Å². The maximum Gasteiger partial charge on any atom is 0.225 e. The lowest BCUT2D eigenvalue weighted by molar-refractivity contribution is -0.130. The molecule has 1 amide bonds. The Bertz CT molecular complexity index is 653. The molecule has 0 aliphatic carbocycles. The molecule has 2 rings (SSSR count). The number of aromatic nitrogens is 3. The third-order valence-corrected chi connectivity index (χ3v) is 3.00. The van der Waals surface area contributed by atoms with Crippen LogP contribution in [0.2, 0.25) is 0 Å². The largest absolute Gasteiger partial charge is 0.328 e. The van der Waals surface area contributed by atoms with Crippen molar-refractivity contribution >= 4 is 5.91 Å². The molecule has 0 aliphatic rings. The van der Waals surface area contributed by atoms with Crippen molar-refractivity contribution in [1.29, 1.82) is 0 Å². The second-order valence-corrected chi connectivity index (χ2v) is 4.64. The van der Waals surface area contributed by atoms with Crippen molar-refractivity contribution in [2.45, 2.75) is 13.0 Å². The van der Waals surface area contributed by atoms with Crippen LogP contribution in [-0.4, -0.2) is 38.7 Å². The van der Waals surface area contributed by atoms with Gasteiger partial charge in [0.25, 0.3) is 0 Å². The van der Waals surface area contributed by atoms with Crippen LogP contribution in [0, 0.1) is 11.8 Å². The van der Waals surface area contributed by atoms with E-state index in [4.69, 9.17) is 0 Å². The van der Waals surface area contributed by atoms with Gasteiger partial charge in [-0.3, -0.25) is 9.48 Å². The molecule has 5 heteroatoms. The topological polar surface area (TPSA) is 51.0 Å². The monoisotopic (exact) mass is 294 g/mol. The minimum Gasteiger partial charge on any atom is -0.328 e. The Kier molecular flexibility index (Phi) is 5.94. The van der Waals surface area contributed by atoms with Crippen LogP contribution in [0.25, 0.3) is 0 Å². The molecule has 0 aliphatic heterocycles. The highest BCUT2D eigenvalue weighted by Gasteiger charge is 2.10. The number of hydrogen-bond acceptors (Lipinski definition) is 3. The summed E-state index contributed by atoms with van der Waals surface area (Å²) in [6.45, 7) is 5.07. The molecule has 112 valence electrons. The number of amides is 1. The Hall–Kier alpha value is -2.87. The van der Waals surface area contributed by atoms with E-state index in [1.807, 2.05) is 30.3 Å². The highest BCUT2D eigenvalue weighted by molar-refractivity contribution is 5.76. The van der Waals surface area contributed by atoms with Crippen LogP contribution in [0.5, 0.6) is 0 Å². The highest BCUT2D eigenvalue weighted by Crippen LogP contribution is 1.98. The van der Waals surface area contributed by atoms with E-state index in [0.29, 0.717) is 26.1 Å². The van der Waals surface area contributed by atoms with Gasteiger partial charge in [-0.05, 0) is 12.1 Å². The van der Waals surface area contributed by atoms with E-state index < -0.39 is 0 Å². The first-order valence-corrected chi connectivity index (χ1v) is 7.04. The predicted molar refractivity (Wildman–Crippen MR) is 84.7 cm³/mol. The maximum atomic E-state index is 12.2. The number of nitrogens with zero attached hydrogens (tertiary/aromatic N) is 4. The van der Waals surface area contributed by atoms with Crippen molar-refractivity contribution in [3.05, 3.63) is 61.2 Å². The van der Waals surface area contributed by atoms with Crippen LogP contribution in [0.4, 0.5) is 0 Å². The average molecular weight is 294 g/mol. The maximum absolute atomic E-state index is 12.2. The zero-order valence-corrected chi connectivity index (χ0v) is 12.4. The SMILES string of the molecule is C=CCN(CC#Cc1ccccc1)C(=O)CCn1cncn1. The first-order chi connectivity index (χ1) is 10.8. The van der Waals surface area contributed by atoms with Crippen LogP contribution in [0.15, 0.2) is 55.6 Å². The number of benzene rings is 1. The summed E-state index contributed by atoms with van der Waals surface area (Å²) in [5.74, 6) is 6.11. The van der Waals surface area contributed by atoms with Crippen molar-refractivity contribution in [2.75, 3.05) is 13.1 Å². The molecule has 5 nitrogen and oxygen atoms in total. The van der Waals surface area contributed by atoms with Gasteiger partial charge in [-0.15, -0.1) is 6.58 Å². The summed E-state index contributed by atoms with van der Waals surface area (Å²) in [6.07, 6.45) is 5.12. The summed E-state index contributed by atoms with van der Waals surface area (Å²) >= 11 is 0. The molecule has 0 N–H and O–H groups in total. The van der Waals surface area contributed by atoms with Gasteiger partial charge in [-0.1, -0.05) is 36.1 Å². The van der Waals surface area contributed by atoms with Gasteiger partial charge in [0.05, 0.1) is 13.1 Å². The summed E-state index contributed by atoms with van der Waals surface area (Å²) in [4.78, 5) is 17.8. The summed E-state index contributed by atoms with van der Waals surface area (Å²) < 4.78 is 1.64. The van der Waals surface area contributed by atoms with Crippen molar-refractivity contribution in [2.24, 2.45) is 0 Å². The van der Waals surface area contributed by atoms with Gasteiger partial charge in [0.2, 0.25) is 5.91 Å². The van der Waals surface area contributed by atoms with E-state index in [-0.39, 0.29) is 5.91 Å². The summed E-state index contributed by atoms with van der Waals surface area (Å²) in [7, 11) is 0. The zero-order valence-electron chi connectivity index (χ0n) is 12.4. The number of hydrogen-bond donors (Lipinski definition) is 0. The molecule has 0 bridgehead atoms. The van der Waals surface area contributed by atoms with Crippen LogP contribution in [-0.2, 0) is 11.3 Å². The second kappa shape index (κ2) is 8.42. The molecule has 0 spiro atoms. The van der Waals surface area contributed by atoms with Gasteiger partial charge in [0, 0.05) is 18.5 Å². The standard InChI is InChI=1S/C17H18N4O/c1-2-11-20(12-6-9-16-7-4-3-5-8-16)17(22)10-13-21-15-18-14-19-21/h2-5,7-8,14-15H,1,10-13H2. The third-order valence-electron chi connectivity index (χ3n) is 3.00. The minimum absolute atomic E-state index is 0.0257. The molecule has 2 aromatic rings. The molecule has 0 unspecified atom stereocenters. The lowest BCUT2D eigenvalue weighted by Crippen LogP contribution is -2.32. The van der Waals surface area contributed by atoms with Crippen molar-refractivity contribution in [1.82, 2.24) is 19.7 Å². The Morgan fingerprint density at radius 3 is 2.86 bits per heavy atom. The summed E-state index contributed by atoms with van der Waals surface area (Å²) in [5.41, 5.74) is 0.941. The van der Waals surface area contributed by atoms with Crippen LogP contribution < -0.4 is 0 Å². The molecular weight excluding hydrogens is 276 g/mol. The summed E-state index contributed by atoms with van der Waals surface area (Å²) in [6, 6.07) is 9.71. The van der Waals surface area contributed by atoms with Gasteiger partial charge in [0.15, 0.2) is 0 Å². The van der Waals surface area contributed by atoms with E-state index in [9.17, 15) is 4.79 Å². The molecule has 1 aromatic heterocycles. The zero-order chi connectivity index (χ0) is 15.6. The Labute approximate surface area is 130 Å². The molecule has 1 aromatic carbocycles. The fraction of sp³-hybridized carbons (Fsp3) is 0.235. The van der Waals surface area contributed by atoms with Crippen LogP contribution in [0.3, 0.4) is 0 Å². The molecular formula is C17H18N4O. The van der Waals surface area contributed by atoms with Crippen molar-refractivity contribution in [3.63, 3.8) is 0 Å². The molecule has 0 saturated carbocycles. The molecule has 0 saturated heterocycles. The van der Waals surface area contributed by atoms with Gasteiger partial charge in [0.1, 0.15) is 12.7 Å². The molecule has 0 fully saturated rings. The smallest absolute Gasteiger partial charge is 0.225 e. The van der Waals surface area contributed by atoms with E-state index in [1.165, 1.54) is 6.33 Å². The quantitative estimate of drug-likeness (QED) is 0.602. The van der Waals surface area contributed by atoms with Gasteiger partial charge in [-0.2, -0.15) is 5.10 Å². The first-order valence-electron chi connectivity index (χ1n) is 7.04. The van der Waals surface area contributed by atoms with Crippen LogP contribution >= 0.6 is 0 Å². The third kappa shape index (κ3) is 4.91. The van der Waals surface area contributed by atoms with Crippen molar-refractivity contribution in [3.8, 4) is 11.8 Å². The Morgan fingerprint density at radius 2 is 2.18 bits per heavy atom. The van der Waals surface area contributed by atoms with E-state index in [1.54, 1.807) is 22.0 Å². The molecule has 22 heavy (non-hydrogen) atoms. The number of rotatable bonds is 6. The minimum atomic E-state index is 0.0257. The summed E-state index contributed by atoms with van der Waals surface area (Å²) in [5, 5.41) is 3.98. The van der Waals surface area contributed by atoms with Crippen molar-refractivity contribution < 1.29 is 4.79 Å². The number of carbonyl (C=O) groups is 1. The fourth-order valence-electron chi connectivity index (χ4n) is 1.89. The lowest BCUT2D eigenvalue weighted by Gasteiger charge is -2.18. The van der Waals surface area contributed by atoms with E-state index in [2.05, 4.69) is 28.5 Å². The normalized spacial score (nSPS) is 9.64. The Balaban J connectivity index is 1.90. The van der Waals surface area contributed by atoms with Crippen LogP contribution in [0.1, 0.15) is 12.0 Å². The Morgan fingerprint density at radius 1 is 1.36 bits per heavy atom. The molecule has 1 heterocycles. The highest BCUT2D eigenvalue weighted by atomic mass is 16.2. The predicted octanol–water partition coefficient (Wildman–Crippen LogP) is 1.73.